The second-order valence-corrected chi connectivity index (χ2v) is 7.49. The average molecular weight is 405 g/mol. The maximum atomic E-state index is 12.6. The lowest BCUT2D eigenvalue weighted by molar-refractivity contribution is -0.119. The van der Waals surface area contributed by atoms with Crippen LogP contribution in [0.25, 0.3) is 15.9 Å². The Labute approximate surface area is 171 Å². The first-order valence-electron chi connectivity index (χ1n) is 9.08. The van der Waals surface area contributed by atoms with Crippen LogP contribution in [0.4, 0.5) is 5.69 Å². The van der Waals surface area contributed by atoms with E-state index in [9.17, 15) is 9.59 Å². The van der Waals surface area contributed by atoms with Gasteiger partial charge in [-0.05, 0) is 61.7 Å². The van der Waals surface area contributed by atoms with Gasteiger partial charge in [-0.1, -0.05) is 6.07 Å². The van der Waals surface area contributed by atoms with Crippen molar-refractivity contribution in [3.63, 3.8) is 0 Å². The molecular weight excluding hydrogens is 386 g/mol. The zero-order chi connectivity index (χ0) is 20.4. The molecule has 0 radical (unpaired) electrons. The maximum absolute atomic E-state index is 12.6. The minimum atomic E-state index is -0.525. The van der Waals surface area contributed by atoms with Crippen LogP contribution in [-0.2, 0) is 9.53 Å². The number of carbonyl (C=O) groups is 2. The number of aromatic nitrogens is 2. The summed E-state index contributed by atoms with van der Waals surface area (Å²) in [5.41, 5.74) is 3.91. The lowest BCUT2D eigenvalue weighted by Gasteiger charge is -2.11. The van der Waals surface area contributed by atoms with Crippen LogP contribution in [0.3, 0.4) is 0 Å². The summed E-state index contributed by atoms with van der Waals surface area (Å²) < 4.78 is 7.28. The Kier molecular flexibility index (Phi) is 5.14. The summed E-state index contributed by atoms with van der Waals surface area (Å²) >= 11 is 1.46. The van der Waals surface area contributed by atoms with Crippen LogP contribution >= 0.6 is 11.3 Å². The molecule has 0 saturated carbocycles. The largest absolute Gasteiger partial charge is 0.452 e. The van der Waals surface area contributed by atoms with Crippen molar-refractivity contribution in [3.05, 3.63) is 77.1 Å². The van der Waals surface area contributed by atoms with Gasteiger partial charge in [-0.15, -0.1) is 11.3 Å². The minimum absolute atomic E-state index is 0.367. The highest BCUT2D eigenvalue weighted by molar-refractivity contribution is 7.13. The van der Waals surface area contributed by atoms with Crippen molar-refractivity contribution in [3.8, 4) is 5.00 Å². The molecule has 29 heavy (non-hydrogen) atoms. The number of thiophene rings is 1. The zero-order valence-corrected chi connectivity index (χ0v) is 16.8. The lowest BCUT2D eigenvalue weighted by Crippen LogP contribution is -2.21. The van der Waals surface area contributed by atoms with E-state index in [1.165, 1.54) is 11.3 Å². The SMILES string of the molecule is Cc1ccc(C)n1-c1sccc1C(=O)OCC(=O)Nc1cccc2ncccc12. The number of nitrogens with zero attached hydrogens (tertiary/aromatic N) is 2. The third kappa shape index (κ3) is 3.77. The Morgan fingerprint density at radius 1 is 1.07 bits per heavy atom. The fraction of sp³-hybridized carbons (Fsp3) is 0.136. The molecule has 1 amide bonds. The predicted molar refractivity (Wildman–Crippen MR) is 114 cm³/mol. The van der Waals surface area contributed by atoms with Crippen molar-refractivity contribution in [1.29, 1.82) is 0 Å². The van der Waals surface area contributed by atoms with E-state index in [2.05, 4.69) is 10.3 Å². The van der Waals surface area contributed by atoms with Gasteiger partial charge in [0, 0.05) is 23.0 Å². The summed E-state index contributed by atoms with van der Waals surface area (Å²) in [4.78, 5) is 29.2. The van der Waals surface area contributed by atoms with Crippen LogP contribution in [-0.4, -0.2) is 28.0 Å². The third-order valence-corrected chi connectivity index (χ3v) is 5.49. The standard InChI is InChI=1S/C22H19N3O3S/c1-14-8-9-15(2)25(14)21-17(10-12-29-21)22(27)28-13-20(26)24-19-7-3-6-18-16(19)5-4-11-23-18/h3-12H,13H2,1-2H3,(H,24,26). The molecule has 3 aromatic heterocycles. The molecule has 7 heteroatoms. The first kappa shape index (κ1) is 18.9. The molecule has 0 saturated heterocycles. The van der Waals surface area contributed by atoms with E-state index in [1.54, 1.807) is 24.4 Å². The van der Waals surface area contributed by atoms with Gasteiger partial charge in [0.1, 0.15) is 5.00 Å². The number of pyridine rings is 1. The second-order valence-electron chi connectivity index (χ2n) is 6.59. The van der Waals surface area contributed by atoms with Gasteiger partial charge in [0.25, 0.3) is 5.91 Å². The van der Waals surface area contributed by atoms with Crippen molar-refractivity contribution in [2.75, 3.05) is 11.9 Å². The smallest absolute Gasteiger partial charge is 0.341 e. The van der Waals surface area contributed by atoms with E-state index in [0.717, 1.165) is 27.3 Å². The van der Waals surface area contributed by atoms with Gasteiger partial charge in [0.05, 0.1) is 16.8 Å². The fourth-order valence-electron chi connectivity index (χ4n) is 3.23. The van der Waals surface area contributed by atoms with Crippen molar-refractivity contribution in [2.45, 2.75) is 13.8 Å². The summed E-state index contributed by atoms with van der Waals surface area (Å²) in [7, 11) is 0. The average Bonchev–Trinajstić information content (AvgIpc) is 3.32. The second kappa shape index (κ2) is 7.89. The van der Waals surface area contributed by atoms with Crippen LogP contribution in [0.15, 0.2) is 60.1 Å². The van der Waals surface area contributed by atoms with Gasteiger partial charge in [0.2, 0.25) is 0 Å². The van der Waals surface area contributed by atoms with Crippen molar-refractivity contribution >= 4 is 39.8 Å². The first-order valence-corrected chi connectivity index (χ1v) is 9.96. The Morgan fingerprint density at radius 2 is 1.86 bits per heavy atom. The van der Waals surface area contributed by atoms with E-state index >= 15 is 0 Å². The summed E-state index contributed by atoms with van der Waals surface area (Å²) in [6.45, 7) is 3.59. The monoisotopic (exact) mass is 405 g/mol. The van der Waals surface area contributed by atoms with Crippen LogP contribution in [0.5, 0.6) is 0 Å². The highest BCUT2D eigenvalue weighted by atomic mass is 32.1. The fourth-order valence-corrected chi connectivity index (χ4v) is 4.23. The third-order valence-electron chi connectivity index (χ3n) is 4.59. The molecule has 0 bridgehead atoms. The first-order chi connectivity index (χ1) is 14.0. The minimum Gasteiger partial charge on any atom is -0.452 e. The molecule has 6 nitrogen and oxygen atoms in total. The Balaban J connectivity index is 1.46. The summed E-state index contributed by atoms with van der Waals surface area (Å²) in [5.74, 6) is -0.928. The van der Waals surface area contributed by atoms with Crippen LogP contribution in [0, 0.1) is 13.8 Å². The predicted octanol–water partition coefficient (Wildman–Crippen LogP) is 4.50. The Hall–Kier alpha value is -3.45. The number of benzene rings is 1. The quantitative estimate of drug-likeness (QED) is 0.496. The van der Waals surface area contributed by atoms with Crippen molar-refractivity contribution < 1.29 is 14.3 Å². The molecule has 0 aliphatic carbocycles. The number of amides is 1. The van der Waals surface area contributed by atoms with Crippen LogP contribution < -0.4 is 5.32 Å². The molecular formula is C22H19N3O3S. The molecule has 0 aliphatic rings. The van der Waals surface area contributed by atoms with Crippen LogP contribution in [0.1, 0.15) is 21.7 Å². The highest BCUT2D eigenvalue weighted by Gasteiger charge is 2.19. The van der Waals surface area contributed by atoms with E-state index in [1.807, 2.05) is 54.1 Å². The Bertz CT molecular complexity index is 1180. The number of aryl methyl sites for hydroxylation is 2. The maximum Gasteiger partial charge on any atom is 0.341 e. The van der Waals surface area contributed by atoms with Gasteiger partial charge in [-0.2, -0.15) is 0 Å². The number of esters is 1. The molecule has 1 N–H and O–H groups in total. The summed E-state index contributed by atoms with van der Waals surface area (Å²) in [5, 5.41) is 6.24. The molecule has 1 aromatic carbocycles. The number of rotatable bonds is 5. The van der Waals surface area contributed by atoms with Gasteiger partial charge >= 0.3 is 5.97 Å². The molecule has 3 heterocycles. The molecule has 0 aliphatic heterocycles. The number of hydrogen-bond acceptors (Lipinski definition) is 5. The highest BCUT2D eigenvalue weighted by Crippen LogP contribution is 2.26. The number of anilines is 1. The van der Waals surface area contributed by atoms with E-state index in [4.69, 9.17) is 4.74 Å². The number of carbonyl (C=O) groups excluding carboxylic acids is 2. The van der Waals surface area contributed by atoms with Gasteiger partial charge < -0.3 is 14.6 Å². The van der Waals surface area contributed by atoms with E-state index < -0.39 is 11.9 Å². The lowest BCUT2D eigenvalue weighted by atomic mass is 10.2. The molecule has 4 aromatic rings. The molecule has 0 unspecified atom stereocenters. The number of hydrogen-bond donors (Lipinski definition) is 1. The normalized spacial score (nSPS) is 10.8. The van der Waals surface area contributed by atoms with E-state index in [-0.39, 0.29) is 6.61 Å². The molecule has 4 rings (SSSR count). The molecule has 0 spiro atoms. The number of fused-ring (bicyclic) bond motifs is 1. The molecule has 0 atom stereocenters. The summed E-state index contributed by atoms with van der Waals surface area (Å²) in [6, 6.07) is 14.9. The van der Waals surface area contributed by atoms with E-state index in [0.29, 0.717) is 11.3 Å². The number of ether oxygens (including phenoxy) is 1. The van der Waals surface area contributed by atoms with Gasteiger partial charge in [0.15, 0.2) is 6.61 Å². The topological polar surface area (TPSA) is 73.2 Å². The summed E-state index contributed by atoms with van der Waals surface area (Å²) in [6.07, 6.45) is 1.70. The number of nitrogens with one attached hydrogen (secondary N) is 1. The molecule has 0 fully saturated rings. The van der Waals surface area contributed by atoms with Gasteiger partial charge in [-0.25, -0.2) is 4.79 Å². The van der Waals surface area contributed by atoms with Crippen molar-refractivity contribution in [2.24, 2.45) is 0 Å². The van der Waals surface area contributed by atoms with Gasteiger partial charge in [-0.3, -0.25) is 9.78 Å². The van der Waals surface area contributed by atoms with Crippen LogP contribution in [0.2, 0.25) is 0 Å². The molecule has 146 valence electrons. The zero-order valence-electron chi connectivity index (χ0n) is 16.0. The Morgan fingerprint density at radius 3 is 2.66 bits per heavy atom. The van der Waals surface area contributed by atoms with Crippen molar-refractivity contribution in [1.82, 2.24) is 9.55 Å².